The Morgan fingerprint density at radius 1 is 1.16 bits per heavy atom. The van der Waals surface area contributed by atoms with Gasteiger partial charge in [-0.2, -0.15) is 9.40 Å². The Hall–Kier alpha value is -2.63. The van der Waals surface area contributed by atoms with Crippen LogP contribution in [0.1, 0.15) is 50.5 Å². The van der Waals surface area contributed by atoms with Gasteiger partial charge in [-0.05, 0) is 45.7 Å². The van der Waals surface area contributed by atoms with E-state index in [4.69, 9.17) is 0 Å². The van der Waals surface area contributed by atoms with Crippen LogP contribution < -0.4 is 5.32 Å². The van der Waals surface area contributed by atoms with E-state index in [1.54, 1.807) is 25.6 Å². The summed E-state index contributed by atoms with van der Waals surface area (Å²) in [4.78, 5) is 12.8. The lowest BCUT2D eigenvalue weighted by Crippen LogP contribution is -2.39. The number of anilines is 1. The Labute approximate surface area is 191 Å². The number of aromatic nitrogens is 4. The Morgan fingerprint density at radius 3 is 2.53 bits per heavy atom. The zero-order valence-electron chi connectivity index (χ0n) is 18.5. The predicted octanol–water partition coefficient (Wildman–Crippen LogP) is 3.02. The van der Waals surface area contributed by atoms with E-state index in [2.05, 4.69) is 20.6 Å². The lowest BCUT2D eigenvalue weighted by molar-refractivity contribution is 0.102. The summed E-state index contributed by atoms with van der Waals surface area (Å²) in [5, 5.41) is 16.3. The molecule has 32 heavy (non-hydrogen) atoms. The third-order valence-corrected chi connectivity index (χ3v) is 8.92. The standard InChI is InChI=1S/C21H26N6O3S2/c1-13-7-9-17(10-8-13)22-19(28)21-24-23-20(31-21)16-6-5-11-27(12-16)32(29,30)18-14(2)25-26(4)15(18)3/h7-10,16H,5-6,11-12H2,1-4H3,(H,22,28). The summed E-state index contributed by atoms with van der Waals surface area (Å²) in [7, 11) is -1.93. The fourth-order valence-corrected chi connectivity index (χ4v) is 6.72. The number of amides is 1. The van der Waals surface area contributed by atoms with Gasteiger partial charge in [0, 0.05) is 31.7 Å². The van der Waals surface area contributed by atoms with Crippen LogP contribution in [0.3, 0.4) is 0 Å². The molecule has 4 rings (SSSR count). The number of carbonyl (C=O) groups excluding carboxylic acids is 1. The zero-order chi connectivity index (χ0) is 23.0. The van der Waals surface area contributed by atoms with Gasteiger partial charge in [0.25, 0.3) is 5.91 Å². The van der Waals surface area contributed by atoms with E-state index in [1.807, 2.05) is 31.2 Å². The Bertz CT molecular complexity index is 1250. The average molecular weight is 475 g/mol. The van der Waals surface area contributed by atoms with Gasteiger partial charge in [-0.1, -0.05) is 29.0 Å². The number of carbonyl (C=O) groups is 1. The normalized spacial score (nSPS) is 17.4. The van der Waals surface area contributed by atoms with Crippen LogP contribution in [0.5, 0.6) is 0 Å². The SMILES string of the molecule is Cc1ccc(NC(=O)c2nnc(C3CCCN(S(=O)(=O)c4c(C)nn(C)c4C)C3)s2)cc1. The first-order chi connectivity index (χ1) is 15.2. The molecule has 3 heterocycles. The molecule has 1 aromatic carbocycles. The molecule has 0 spiro atoms. The zero-order valence-corrected chi connectivity index (χ0v) is 20.1. The fourth-order valence-electron chi connectivity index (χ4n) is 3.93. The summed E-state index contributed by atoms with van der Waals surface area (Å²) >= 11 is 1.22. The second-order valence-corrected chi connectivity index (χ2v) is 11.0. The molecule has 0 saturated carbocycles. The van der Waals surface area contributed by atoms with Crippen molar-refractivity contribution in [3.8, 4) is 0 Å². The van der Waals surface area contributed by atoms with Crippen LogP contribution in [0.15, 0.2) is 29.2 Å². The van der Waals surface area contributed by atoms with Gasteiger partial charge in [0.2, 0.25) is 15.0 Å². The molecule has 0 bridgehead atoms. The minimum atomic E-state index is -3.67. The molecular weight excluding hydrogens is 448 g/mol. The van der Waals surface area contributed by atoms with Gasteiger partial charge in [-0.3, -0.25) is 9.48 Å². The van der Waals surface area contributed by atoms with E-state index in [9.17, 15) is 13.2 Å². The summed E-state index contributed by atoms with van der Waals surface area (Å²) in [6.07, 6.45) is 1.51. The minimum absolute atomic E-state index is 0.103. The molecular formula is C21H26N6O3S2. The topological polar surface area (TPSA) is 110 Å². The second kappa shape index (κ2) is 8.72. The number of piperidine rings is 1. The van der Waals surface area contributed by atoms with Crippen LogP contribution in [0.2, 0.25) is 0 Å². The van der Waals surface area contributed by atoms with E-state index in [0.29, 0.717) is 41.6 Å². The number of nitrogens with zero attached hydrogens (tertiary/aromatic N) is 5. The minimum Gasteiger partial charge on any atom is -0.320 e. The van der Waals surface area contributed by atoms with Crippen molar-refractivity contribution in [1.82, 2.24) is 24.3 Å². The number of hydrogen-bond acceptors (Lipinski definition) is 7. The highest BCUT2D eigenvalue weighted by Crippen LogP contribution is 2.33. The number of rotatable bonds is 5. The van der Waals surface area contributed by atoms with Crippen molar-refractivity contribution in [3.63, 3.8) is 0 Å². The number of benzene rings is 1. The molecule has 170 valence electrons. The van der Waals surface area contributed by atoms with Crippen LogP contribution in [-0.2, 0) is 17.1 Å². The number of nitrogens with one attached hydrogen (secondary N) is 1. The first kappa shape index (κ1) is 22.6. The highest BCUT2D eigenvalue weighted by Gasteiger charge is 2.35. The molecule has 1 unspecified atom stereocenters. The summed E-state index contributed by atoms with van der Waals surface area (Å²) in [6.45, 7) is 6.21. The molecule has 0 aliphatic carbocycles. The third kappa shape index (κ3) is 4.32. The van der Waals surface area contributed by atoms with Crippen molar-refractivity contribution >= 4 is 33.0 Å². The van der Waals surface area contributed by atoms with Crippen molar-refractivity contribution in [1.29, 1.82) is 0 Å². The van der Waals surface area contributed by atoms with Gasteiger partial charge >= 0.3 is 0 Å². The number of hydrogen-bond donors (Lipinski definition) is 1. The van der Waals surface area contributed by atoms with Gasteiger partial charge in [-0.25, -0.2) is 8.42 Å². The molecule has 11 heteroatoms. The van der Waals surface area contributed by atoms with Gasteiger partial charge in [0.05, 0.1) is 11.4 Å². The largest absolute Gasteiger partial charge is 0.320 e. The van der Waals surface area contributed by atoms with Crippen LogP contribution in [0, 0.1) is 20.8 Å². The molecule has 3 aromatic rings. The van der Waals surface area contributed by atoms with Crippen molar-refractivity contribution in [2.75, 3.05) is 18.4 Å². The van der Waals surface area contributed by atoms with Gasteiger partial charge in [0.15, 0.2) is 0 Å². The Kier molecular flexibility index (Phi) is 6.15. The third-order valence-electron chi connectivity index (χ3n) is 5.72. The Balaban J connectivity index is 1.50. The maximum atomic E-state index is 13.3. The number of aryl methyl sites for hydroxylation is 3. The number of sulfonamides is 1. The van der Waals surface area contributed by atoms with Crippen molar-refractivity contribution in [2.24, 2.45) is 7.05 Å². The predicted molar refractivity (Wildman–Crippen MR) is 122 cm³/mol. The van der Waals surface area contributed by atoms with Crippen LogP contribution >= 0.6 is 11.3 Å². The highest BCUT2D eigenvalue weighted by atomic mass is 32.2. The molecule has 1 amide bonds. The highest BCUT2D eigenvalue weighted by molar-refractivity contribution is 7.89. The molecule has 1 atom stereocenters. The van der Waals surface area contributed by atoms with Crippen LogP contribution in [-0.4, -0.2) is 51.7 Å². The first-order valence-electron chi connectivity index (χ1n) is 10.4. The van der Waals surface area contributed by atoms with Gasteiger partial charge in [0.1, 0.15) is 9.90 Å². The lowest BCUT2D eigenvalue weighted by atomic mass is 10.0. The summed E-state index contributed by atoms with van der Waals surface area (Å²) in [5.41, 5.74) is 2.91. The van der Waals surface area contributed by atoms with Crippen molar-refractivity contribution in [2.45, 2.75) is 44.4 Å². The van der Waals surface area contributed by atoms with Gasteiger partial charge in [-0.15, -0.1) is 10.2 Å². The summed E-state index contributed by atoms with van der Waals surface area (Å²) in [6, 6.07) is 7.51. The lowest BCUT2D eigenvalue weighted by Gasteiger charge is -2.30. The van der Waals surface area contributed by atoms with Crippen molar-refractivity contribution < 1.29 is 13.2 Å². The van der Waals surface area contributed by atoms with E-state index < -0.39 is 10.0 Å². The van der Waals surface area contributed by atoms with Crippen molar-refractivity contribution in [3.05, 3.63) is 51.2 Å². The fraction of sp³-hybridized carbons (Fsp3) is 0.429. The van der Waals surface area contributed by atoms with E-state index >= 15 is 0 Å². The quantitative estimate of drug-likeness (QED) is 0.609. The molecule has 1 N–H and O–H groups in total. The molecule has 1 fully saturated rings. The van der Waals surface area contributed by atoms with Gasteiger partial charge < -0.3 is 5.32 Å². The maximum absolute atomic E-state index is 13.3. The van der Waals surface area contributed by atoms with E-state index in [1.165, 1.54) is 15.6 Å². The van der Waals surface area contributed by atoms with E-state index in [0.717, 1.165) is 12.0 Å². The van der Waals surface area contributed by atoms with Crippen LogP contribution in [0.25, 0.3) is 0 Å². The molecule has 9 nitrogen and oxygen atoms in total. The monoisotopic (exact) mass is 474 g/mol. The van der Waals surface area contributed by atoms with E-state index in [-0.39, 0.29) is 21.7 Å². The summed E-state index contributed by atoms with van der Waals surface area (Å²) < 4.78 is 29.8. The Morgan fingerprint density at radius 2 is 1.88 bits per heavy atom. The smallest absolute Gasteiger partial charge is 0.286 e. The molecule has 2 aromatic heterocycles. The maximum Gasteiger partial charge on any atom is 0.286 e. The van der Waals surface area contributed by atoms with Crippen LogP contribution in [0.4, 0.5) is 5.69 Å². The molecule has 0 radical (unpaired) electrons. The second-order valence-electron chi connectivity index (χ2n) is 8.09. The molecule has 1 aliphatic heterocycles. The first-order valence-corrected chi connectivity index (χ1v) is 12.6. The molecule has 1 saturated heterocycles. The molecule has 1 aliphatic rings. The summed E-state index contributed by atoms with van der Waals surface area (Å²) in [5.74, 6) is -0.422. The average Bonchev–Trinajstić information content (AvgIpc) is 3.35.